The van der Waals surface area contributed by atoms with Crippen molar-refractivity contribution in [2.45, 2.75) is 11.8 Å². The molecule has 23 heavy (non-hydrogen) atoms. The molecule has 0 atom stereocenters. The van der Waals surface area contributed by atoms with E-state index in [2.05, 4.69) is 9.88 Å². The van der Waals surface area contributed by atoms with Crippen molar-refractivity contribution in [2.24, 2.45) is 0 Å². The number of sulfonamides is 1. The van der Waals surface area contributed by atoms with E-state index in [1.165, 1.54) is 12.3 Å². The molecule has 2 aromatic carbocycles. The molecule has 0 aliphatic heterocycles. The summed E-state index contributed by atoms with van der Waals surface area (Å²) in [6.45, 7) is 1.83. The van der Waals surface area contributed by atoms with E-state index >= 15 is 0 Å². The summed E-state index contributed by atoms with van der Waals surface area (Å²) in [6, 6.07) is 13.6. The summed E-state index contributed by atoms with van der Waals surface area (Å²) in [5.41, 5.74) is 2.14. The maximum atomic E-state index is 12.5. The predicted molar refractivity (Wildman–Crippen MR) is 88.9 cm³/mol. The van der Waals surface area contributed by atoms with Crippen LogP contribution in [0.25, 0.3) is 11.1 Å². The first kappa shape index (κ1) is 15.6. The summed E-state index contributed by atoms with van der Waals surface area (Å²) < 4.78 is 32.4. The fraction of sp³-hybridized carbons (Fsp3) is 0.0625. The third-order valence-electron chi connectivity index (χ3n) is 3.25. The molecule has 0 fully saturated rings. The van der Waals surface area contributed by atoms with E-state index in [1.54, 1.807) is 36.4 Å². The number of nitrogens with zero attached hydrogens (tertiary/aromatic N) is 1. The van der Waals surface area contributed by atoms with Crippen LogP contribution in [0.1, 0.15) is 5.56 Å². The molecule has 1 heterocycles. The van der Waals surface area contributed by atoms with E-state index in [0.717, 1.165) is 11.1 Å². The Balaban J connectivity index is 1.95. The van der Waals surface area contributed by atoms with Gasteiger partial charge in [-0.2, -0.15) is 0 Å². The number of halogens is 1. The Kier molecular flexibility index (Phi) is 4.11. The minimum absolute atomic E-state index is 0.0637. The second-order valence-electron chi connectivity index (χ2n) is 5.00. The van der Waals surface area contributed by atoms with E-state index in [-0.39, 0.29) is 10.8 Å². The molecule has 0 saturated carbocycles. The fourth-order valence-corrected chi connectivity index (χ4v) is 3.35. The molecule has 0 radical (unpaired) electrons. The van der Waals surface area contributed by atoms with Crippen LogP contribution >= 0.6 is 11.6 Å². The molecule has 0 spiro atoms. The molecule has 3 aromatic rings. The Morgan fingerprint density at radius 3 is 2.57 bits per heavy atom. The number of benzene rings is 2. The van der Waals surface area contributed by atoms with Gasteiger partial charge in [0, 0.05) is 5.02 Å². The van der Waals surface area contributed by atoms with Crippen molar-refractivity contribution in [1.82, 2.24) is 5.16 Å². The highest BCUT2D eigenvalue weighted by Crippen LogP contribution is 2.30. The summed E-state index contributed by atoms with van der Waals surface area (Å²) in [5, 5.41) is 4.27. The van der Waals surface area contributed by atoms with Crippen LogP contribution in [0.15, 0.2) is 64.1 Å². The van der Waals surface area contributed by atoms with Crippen LogP contribution in [0.3, 0.4) is 0 Å². The zero-order chi connectivity index (χ0) is 16.4. The molecule has 1 N–H and O–H groups in total. The van der Waals surface area contributed by atoms with Crippen LogP contribution in [-0.4, -0.2) is 13.6 Å². The normalized spacial score (nSPS) is 11.4. The number of aromatic nitrogens is 1. The zero-order valence-electron chi connectivity index (χ0n) is 12.2. The fourth-order valence-electron chi connectivity index (χ4n) is 2.11. The van der Waals surface area contributed by atoms with E-state index < -0.39 is 10.0 Å². The summed E-state index contributed by atoms with van der Waals surface area (Å²) in [7, 11) is -3.75. The van der Waals surface area contributed by atoms with Gasteiger partial charge < -0.3 is 4.52 Å². The van der Waals surface area contributed by atoms with Crippen molar-refractivity contribution in [3.63, 3.8) is 0 Å². The van der Waals surface area contributed by atoms with Crippen LogP contribution < -0.4 is 4.72 Å². The number of aryl methyl sites for hydroxylation is 1. The number of nitrogens with one attached hydrogen (secondary N) is 1. The van der Waals surface area contributed by atoms with Crippen LogP contribution in [0, 0.1) is 6.92 Å². The Labute approximate surface area is 138 Å². The largest absolute Gasteiger partial charge is 0.337 e. The highest BCUT2D eigenvalue weighted by atomic mass is 35.5. The topological polar surface area (TPSA) is 72.2 Å². The van der Waals surface area contributed by atoms with Gasteiger partial charge >= 0.3 is 0 Å². The van der Waals surface area contributed by atoms with Crippen molar-refractivity contribution in [3.05, 3.63) is 65.3 Å². The van der Waals surface area contributed by atoms with Gasteiger partial charge in [-0.25, -0.2) is 13.1 Å². The Morgan fingerprint density at radius 2 is 1.87 bits per heavy atom. The van der Waals surface area contributed by atoms with Crippen molar-refractivity contribution >= 4 is 27.5 Å². The van der Waals surface area contributed by atoms with Gasteiger partial charge in [-0.15, -0.1) is 0 Å². The van der Waals surface area contributed by atoms with Crippen molar-refractivity contribution < 1.29 is 12.9 Å². The highest BCUT2D eigenvalue weighted by molar-refractivity contribution is 7.92. The Bertz CT molecular complexity index is 934. The molecule has 7 heteroatoms. The van der Waals surface area contributed by atoms with Gasteiger partial charge in [0.25, 0.3) is 10.0 Å². The second kappa shape index (κ2) is 6.06. The molecular formula is C16H13ClN2O3S. The molecule has 0 unspecified atom stereocenters. The highest BCUT2D eigenvalue weighted by Gasteiger charge is 2.20. The third-order valence-corrected chi connectivity index (χ3v) is 4.83. The smallest absolute Gasteiger partial charge is 0.264 e. The van der Waals surface area contributed by atoms with E-state index in [9.17, 15) is 8.42 Å². The Morgan fingerprint density at radius 1 is 1.13 bits per heavy atom. The average molecular weight is 349 g/mol. The summed E-state index contributed by atoms with van der Waals surface area (Å²) in [4.78, 5) is 0.163. The molecule has 0 bridgehead atoms. The predicted octanol–water partition coefficient (Wildman–Crippen LogP) is 4.10. The molecule has 3 rings (SSSR count). The van der Waals surface area contributed by atoms with Gasteiger partial charge in [-0.3, -0.25) is 0 Å². The van der Waals surface area contributed by atoms with Gasteiger partial charge in [-0.05, 0) is 42.3 Å². The number of anilines is 1. The van der Waals surface area contributed by atoms with Crippen molar-refractivity contribution in [2.75, 3.05) is 4.72 Å². The molecular weight excluding hydrogens is 336 g/mol. The standard InChI is InChI=1S/C16H13ClN2O3S/c1-11-3-2-4-14(9-11)23(20,21)19-16-15(10-18-22-16)12-5-7-13(17)8-6-12/h2-10,19H,1H3. The van der Waals surface area contributed by atoms with Crippen molar-refractivity contribution in [1.29, 1.82) is 0 Å². The summed E-state index contributed by atoms with van der Waals surface area (Å²) in [5.74, 6) is 0.0637. The first-order valence-electron chi connectivity index (χ1n) is 6.76. The van der Waals surface area contributed by atoms with Crippen LogP contribution in [0.5, 0.6) is 0 Å². The molecule has 0 amide bonds. The van der Waals surface area contributed by atoms with Crippen LogP contribution in [0.4, 0.5) is 5.88 Å². The molecule has 0 aliphatic rings. The van der Waals surface area contributed by atoms with E-state index in [1.807, 2.05) is 13.0 Å². The lowest BCUT2D eigenvalue weighted by Crippen LogP contribution is -2.13. The maximum absolute atomic E-state index is 12.5. The molecule has 0 saturated heterocycles. The lowest BCUT2D eigenvalue weighted by molar-refractivity contribution is 0.435. The van der Waals surface area contributed by atoms with Crippen LogP contribution in [0.2, 0.25) is 5.02 Å². The second-order valence-corrected chi connectivity index (χ2v) is 7.12. The SMILES string of the molecule is Cc1cccc(S(=O)(=O)Nc2oncc2-c2ccc(Cl)cc2)c1. The lowest BCUT2D eigenvalue weighted by Gasteiger charge is -2.07. The maximum Gasteiger partial charge on any atom is 0.264 e. The van der Waals surface area contributed by atoms with E-state index in [0.29, 0.717) is 10.6 Å². The number of hydrogen-bond acceptors (Lipinski definition) is 4. The van der Waals surface area contributed by atoms with Gasteiger partial charge in [0.05, 0.1) is 16.7 Å². The number of hydrogen-bond donors (Lipinski definition) is 1. The summed E-state index contributed by atoms with van der Waals surface area (Å²) in [6.07, 6.45) is 1.46. The minimum atomic E-state index is -3.75. The van der Waals surface area contributed by atoms with E-state index in [4.69, 9.17) is 16.1 Å². The van der Waals surface area contributed by atoms with Gasteiger partial charge in [0.1, 0.15) is 0 Å². The quantitative estimate of drug-likeness (QED) is 0.770. The van der Waals surface area contributed by atoms with Crippen molar-refractivity contribution in [3.8, 4) is 11.1 Å². The van der Waals surface area contributed by atoms with Gasteiger partial charge in [-0.1, -0.05) is 41.0 Å². The lowest BCUT2D eigenvalue weighted by atomic mass is 10.1. The first-order valence-corrected chi connectivity index (χ1v) is 8.62. The van der Waals surface area contributed by atoms with Gasteiger partial charge in [0.2, 0.25) is 5.88 Å². The number of rotatable bonds is 4. The minimum Gasteiger partial charge on any atom is -0.337 e. The first-order chi connectivity index (χ1) is 11.0. The monoisotopic (exact) mass is 348 g/mol. The molecule has 5 nitrogen and oxygen atoms in total. The molecule has 1 aromatic heterocycles. The van der Waals surface area contributed by atoms with Crippen LogP contribution in [-0.2, 0) is 10.0 Å². The average Bonchev–Trinajstić information content (AvgIpc) is 2.95. The molecule has 0 aliphatic carbocycles. The zero-order valence-corrected chi connectivity index (χ0v) is 13.7. The third kappa shape index (κ3) is 3.38. The summed E-state index contributed by atoms with van der Waals surface area (Å²) >= 11 is 5.86. The van der Waals surface area contributed by atoms with Gasteiger partial charge in [0.15, 0.2) is 0 Å². The molecule has 118 valence electrons. The Hall–Kier alpha value is -2.31.